The number of anilines is 1. The summed E-state index contributed by atoms with van der Waals surface area (Å²) in [6, 6.07) is 10.4. The molecule has 1 aromatic carbocycles. The standard InChI is InChI=1S/C13H12BrFN2/c1-9(10-2-5-12(15)6-3-10)17-13-7-4-11(14)8-16-13/h2-9H,1H3,(H,16,17)/t9-/m1/s1. The van der Waals surface area contributed by atoms with Crippen LogP contribution in [0.15, 0.2) is 47.1 Å². The van der Waals surface area contributed by atoms with Crippen molar-refractivity contribution in [3.05, 3.63) is 58.4 Å². The molecule has 0 amide bonds. The van der Waals surface area contributed by atoms with Gasteiger partial charge in [0.1, 0.15) is 11.6 Å². The molecule has 0 fully saturated rings. The van der Waals surface area contributed by atoms with E-state index in [9.17, 15) is 4.39 Å². The number of nitrogens with one attached hydrogen (secondary N) is 1. The Hall–Kier alpha value is -1.42. The maximum atomic E-state index is 12.8. The van der Waals surface area contributed by atoms with Crippen LogP contribution in [0.3, 0.4) is 0 Å². The SMILES string of the molecule is C[C@@H](Nc1ccc(Br)cn1)c1ccc(F)cc1. The van der Waals surface area contributed by atoms with Crippen LogP contribution in [0.5, 0.6) is 0 Å². The van der Waals surface area contributed by atoms with Crippen LogP contribution < -0.4 is 5.32 Å². The van der Waals surface area contributed by atoms with Gasteiger partial charge in [-0.05, 0) is 52.7 Å². The number of nitrogens with zero attached hydrogens (tertiary/aromatic N) is 1. The number of rotatable bonds is 3. The number of pyridine rings is 1. The van der Waals surface area contributed by atoms with Gasteiger partial charge in [0.05, 0.1) is 0 Å². The molecule has 1 atom stereocenters. The van der Waals surface area contributed by atoms with Gasteiger partial charge in [-0.15, -0.1) is 0 Å². The minimum Gasteiger partial charge on any atom is -0.364 e. The Morgan fingerprint density at radius 2 is 1.88 bits per heavy atom. The molecule has 1 N–H and O–H groups in total. The molecule has 0 aliphatic rings. The zero-order chi connectivity index (χ0) is 12.3. The third kappa shape index (κ3) is 3.27. The summed E-state index contributed by atoms with van der Waals surface area (Å²) in [5.74, 6) is 0.577. The van der Waals surface area contributed by atoms with Gasteiger partial charge in [0.15, 0.2) is 0 Å². The van der Waals surface area contributed by atoms with E-state index in [0.29, 0.717) is 0 Å². The third-order valence-corrected chi connectivity index (χ3v) is 2.93. The minimum absolute atomic E-state index is 0.0873. The highest BCUT2D eigenvalue weighted by Gasteiger charge is 2.05. The zero-order valence-electron chi connectivity index (χ0n) is 9.32. The first-order chi connectivity index (χ1) is 8.15. The summed E-state index contributed by atoms with van der Waals surface area (Å²) in [5, 5.41) is 3.25. The van der Waals surface area contributed by atoms with Gasteiger partial charge in [-0.25, -0.2) is 9.37 Å². The molecule has 2 aromatic rings. The van der Waals surface area contributed by atoms with Crippen molar-refractivity contribution in [3.63, 3.8) is 0 Å². The highest BCUT2D eigenvalue weighted by atomic mass is 79.9. The van der Waals surface area contributed by atoms with Crippen LogP contribution in [0.4, 0.5) is 10.2 Å². The van der Waals surface area contributed by atoms with Crippen molar-refractivity contribution < 1.29 is 4.39 Å². The van der Waals surface area contributed by atoms with Crippen molar-refractivity contribution in [1.82, 2.24) is 4.98 Å². The van der Waals surface area contributed by atoms with Crippen molar-refractivity contribution in [1.29, 1.82) is 0 Å². The first-order valence-electron chi connectivity index (χ1n) is 5.29. The van der Waals surface area contributed by atoms with Gasteiger partial charge < -0.3 is 5.32 Å². The van der Waals surface area contributed by atoms with Gasteiger partial charge in [0.2, 0.25) is 0 Å². The molecule has 0 saturated carbocycles. The van der Waals surface area contributed by atoms with E-state index in [1.54, 1.807) is 18.3 Å². The number of hydrogen-bond donors (Lipinski definition) is 1. The average Bonchev–Trinajstić information content (AvgIpc) is 2.33. The van der Waals surface area contributed by atoms with Gasteiger partial charge in [-0.1, -0.05) is 12.1 Å². The molecule has 0 aliphatic carbocycles. The lowest BCUT2D eigenvalue weighted by molar-refractivity contribution is 0.626. The van der Waals surface area contributed by atoms with Crippen molar-refractivity contribution in [2.24, 2.45) is 0 Å². The van der Waals surface area contributed by atoms with Gasteiger partial charge in [-0.2, -0.15) is 0 Å². The molecule has 2 nitrogen and oxygen atoms in total. The predicted molar refractivity (Wildman–Crippen MR) is 70.4 cm³/mol. The van der Waals surface area contributed by atoms with Crippen LogP contribution in [0, 0.1) is 5.82 Å². The normalized spacial score (nSPS) is 12.2. The van der Waals surface area contributed by atoms with Gasteiger partial charge in [-0.3, -0.25) is 0 Å². The van der Waals surface area contributed by atoms with Crippen molar-refractivity contribution in [3.8, 4) is 0 Å². The first kappa shape index (κ1) is 12.0. The maximum absolute atomic E-state index is 12.8. The van der Waals surface area contributed by atoms with Crippen LogP contribution in [0.25, 0.3) is 0 Å². The third-order valence-electron chi connectivity index (χ3n) is 2.46. The molecule has 0 spiro atoms. The van der Waals surface area contributed by atoms with Crippen molar-refractivity contribution in [2.75, 3.05) is 5.32 Å². The smallest absolute Gasteiger partial charge is 0.126 e. The first-order valence-corrected chi connectivity index (χ1v) is 6.08. The highest BCUT2D eigenvalue weighted by molar-refractivity contribution is 9.10. The van der Waals surface area contributed by atoms with Crippen LogP contribution in [0.1, 0.15) is 18.5 Å². The van der Waals surface area contributed by atoms with Crippen LogP contribution in [0.2, 0.25) is 0 Å². The van der Waals surface area contributed by atoms with Crippen LogP contribution in [-0.4, -0.2) is 4.98 Å². The topological polar surface area (TPSA) is 24.9 Å². The molecular weight excluding hydrogens is 283 g/mol. The monoisotopic (exact) mass is 294 g/mol. The molecule has 2 rings (SSSR count). The summed E-state index contributed by atoms with van der Waals surface area (Å²) in [6.45, 7) is 2.01. The lowest BCUT2D eigenvalue weighted by atomic mass is 10.1. The quantitative estimate of drug-likeness (QED) is 0.919. The minimum atomic E-state index is -0.220. The van der Waals surface area contributed by atoms with E-state index in [-0.39, 0.29) is 11.9 Å². The molecule has 0 saturated heterocycles. The zero-order valence-corrected chi connectivity index (χ0v) is 10.9. The molecule has 0 unspecified atom stereocenters. The van der Waals surface area contributed by atoms with E-state index in [4.69, 9.17) is 0 Å². The Bertz CT molecular complexity index is 482. The second kappa shape index (κ2) is 5.27. The molecule has 0 aliphatic heterocycles. The fraction of sp³-hybridized carbons (Fsp3) is 0.154. The molecule has 88 valence electrons. The molecule has 17 heavy (non-hydrogen) atoms. The van der Waals surface area contributed by atoms with Gasteiger partial charge in [0, 0.05) is 16.7 Å². The molecular formula is C13H12BrFN2. The summed E-state index contributed by atoms with van der Waals surface area (Å²) in [7, 11) is 0. The lowest BCUT2D eigenvalue weighted by Crippen LogP contribution is -2.07. The van der Waals surface area contributed by atoms with E-state index >= 15 is 0 Å². The molecule has 1 heterocycles. The van der Waals surface area contributed by atoms with E-state index < -0.39 is 0 Å². The Balaban J connectivity index is 2.08. The van der Waals surface area contributed by atoms with Crippen molar-refractivity contribution >= 4 is 21.7 Å². The largest absolute Gasteiger partial charge is 0.364 e. The Kier molecular flexibility index (Phi) is 3.74. The van der Waals surface area contributed by atoms with E-state index in [0.717, 1.165) is 15.9 Å². The van der Waals surface area contributed by atoms with Crippen LogP contribution in [-0.2, 0) is 0 Å². The highest BCUT2D eigenvalue weighted by Crippen LogP contribution is 2.19. The molecule has 0 bridgehead atoms. The second-order valence-corrected chi connectivity index (χ2v) is 4.69. The predicted octanol–water partition coefficient (Wildman–Crippen LogP) is 4.16. The molecule has 0 radical (unpaired) electrons. The summed E-state index contributed by atoms with van der Waals surface area (Å²) >= 11 is 3.33. The number of benzene rings is 1. The van der Waals surface area contributed by atoms with Gasteiger partial charge >= 0.3 is 0 Å². The summed E-state index contributed by atoms with van der Waals surface area (Å²) in [4.78, 5) is 4.23. The summed E-state index contributed by atoms with van der Waals surface area (Å²) in [5.41, 5.74) is 1.02. The number of aromatic nitrogens is 1. The second-order valence-electron chi connectivity index (χ2n) is 3.78. The Morgan fingerprint density at radius 3 is 2.47 bits per heavy atom. The van der Waals surface area contributed by atoms with Crippen molar-refractivity contribution in [2.45, 2.75) is 13.0 Å². The molecule has 1 aromatic heterocycles. The fourth-order valence-electron chi connectivity index (χ4n) is 1.52. The Labute approximate surface area is 108 Å². The average molecular weight is 295 g/mol. The summed E-state index contributed by atoms with van der Waals surface area (Å²) in [6.07, 6.45) is 1.74. The molecule has 4 heteroatoms. The number of hydrogen-bond acceptors (Lipinski definition) is 2. The fourth-order valence-corrected chi connectivity index (χ4v) is 1.75. The van der Waals surface area contributed by atoms with E-state index in [1.807, 2.05) is 19.1 Å². The summed E-state index contributed by atoms with van der Waals surface area (Å²) < 4.78 is 13.7. The number of halogens is 2. The van der Waals surface area contributed by atoms with Gasteiger partial charge in [0.25, 0.3) is 0 Å². The van der Waals surface area contributed by atoms with E-state index in [2.05, 4.69) is 26.2 Å². The van der Waals surface area contributed by atoms with Crippen LogP contribution >= 0.6 is 15.9 Å². The lowest BCUT2D eigenvalue weighted by Gasteiger charge is -2.14. The van der Waals surface area contributed by atoms with E-state index in [1.165, 1.54) is 12.1 Å². The Morgan fingerprint density at radius 1 is 1.18 bits per heavy atom. The maximum Gasteiger partial charge on any atom is 0.126 e.